The molecule has 0 aliphatic heterocycles. The van der Waals surface area contributed by atoms with Gasteiger partial charge in [0, 0.05) is 12.2 Å². The standard InChI is InChI=1S/C13H16FN3/c1-9(2)15-13-16-10(3)8-17(13)12-6-4-5-11(14)7-12/h4-9H,1-3H3,(H,15,16). The Labute approximate surface area is 100 Å². The Bertz CT molecular complexity index is 517. The zero-order valence-electron chi connectivity index (χ0n) is 10.2. The zero-order chi connectivity index (χ0) is 12.4. The van der Waals surface area contributed by atoms with E-state index in [1.165, 1.54) is 12.1 Å². The highest BCUT2D eigenvalue weighted by molar-refractivity contribution is 5.43. The Morgan fingerprint density at radius 2 is 2.12 bits per heavy atom. The van der Waals surface area contributed by atoms with Crippen LogP contribution < -0.4 is 5.32 Å². The number of nitrogens with zero attached hydrogens (tertiary/aromatic N) is 2. The molecular weight excluding hydrogens is 217 g/mol. The molecule has 0 radical (unpaired) electrons. The monoisotopic (exact) mass is 233 g/mol. The molecule has 0 amide bonds. The lowest BCUT2D eigenvalue weighted by atomic mass is 10.3. The molecule has 1 aromatic carbocycles. The molecule has 1 aromatic heterocycles. The van der Waals surface area contributed by atoms with E-state index < -0.39 is 0 Å². The molecule has 90 valence electrons. The van der Waals surface area contributed by atoms with E-state index in [0.717, 1.165) is 17.3 Å². The highest BCUT2D eigenvalue weighted by Crippen LogP contribution is 2.17. The molecule has 0 spiro atoms. The molecule has 2 rings (SSSR count). The van der Waals surface area contributed by atoms with Crippen LogP contribution in [0.4, 0.5) is 10.3 Å². The number of anilines is 1. The van der Waals surface area contributed by atoms with Crippen molar-refractivity contribution in [1.29, 1.82) is 0 Å². The Morgan fingerprint density at radius 3 is 2.76 bits per heavy atom. The molecule has 0 saturated carbocycles. The lowest BCUT2D eigenvalue weighted by molar-refractivity contribution is 0.626. The van der Waals surface area contributed by atoms with Crippen LogP contribution in [0.2, 0.25) is 0 Å². The van der Waals surface area contributed by atoms with Crippen molar-refractivity contribution in [3.8, 4) is 5.69 Å². The molecule has 2 aromatic rings. The topological polar surface area (TPSA) is 29.9 Å². The third kappa shape index (κ3) is 2.64. The first kappa shape index (κ1) is 11.6. The SMILES string of the molecule is Cc1cn(-c2cccc(F)c2)c(NC(C)C)n1. The predicted molar refractivity (Wildman–Crippen MR) is 67.0 cm³/mol. The first-order valence-corrected chi connectivity index (χ1v) is 5.65. The number of benzene rings is 1. The van der Waals surface area contributed by atoms with Crippen LogP contribution in [0.25, 0.3) is 5.69 Å². The number of hydrogen-bond donors (Lipinski definition) is 1. The van der Waals surface area contributed by atoms with Gasteiger partial charge in [-0.3, -0.25) is 4.57 Å². The first-order valence-electron chi connectivity index (χ1n) is 5.65. The van der Waals surface area contributed by atoms with Gasteiger partial charge in [0.1, 0.15) is 5.82 Å². The Morgan fingerprint density at radius 1 is 1.35 bits per heavy atom. The van der Waals surface area contributed by atoms with Crippen LogP contribution in [0.5, 0.6) is 0 Å². The maximum Gasteiger partial charge on any atom is 0.207 e. The van der Waals surface area contributed by atoms with Crippen molar-refractivity contribution in [2.75, 3.05) is 5.32 Å². The van der Waals surface area contributed by atoms with Crippen LogP contribution in [0.3, 0.4) is 0 Å². The summed E-state index contributed by atoms with van der Waals surface area (Å²) in [5, 5.41) is 3.24. The Balaban J connectivity index is 2.44. The van der Waals surface area contributed by atoms with Gasteiger partial charge in [0.05, 0.1) is 11.4 Å². The van der Waals surface area contributed by atoms with Gasteiger partial charge in [0.2, 0.25) is 5.95 Å². The van der Waals surface area contributed by atoms with Gasteiger partial charge < -0.3 is 5.32 Å². The van der Waals surface area contributed by atoms with E-state index in [0.29, 0.717) is 0 Å². The second kappa shape index (κ2) is 4.57. The second-order valence-electron chi connectivity index (χ2n) is 4.35. The average molecular weight is 233 g/mol. The van der Waals surface area contributed by atoms with Crippen molar-refractivity contribution in [3.63, 3.8) is 0 Å². The summed E-state index contributed by atoms with van der Waals surface area (Å²) in [5.41, 5.74) is 1.67. The zero-order valence-corrected chi connectivity index (χ0v) is 10.2. The van der Waals surface area contributed by atoms with Gasteiger partial charge >= 0.3 is 0 Å². The van der Waals surface area contributed by atoms with Gasteiger partial charge in [0.25, 0.3) is 0 Å². The molecular formula is C13H16FN3. The number of aryl methyl sites for hydroxylation is 1. The summed E-state index contributed by atoms with van der Waals surface area (Å²) in [6.07, 6.45) is 1.89. The summed E-state index contributed by atoms with van der Waals surface area (Å²) >= 11 is 0. The number of hydrogen-bond acceptors (Lipinski definition) is 2. The van der Waals surface area contributed by atoms with E-state index in [1.807, 2.05) is 37.6 Å². The van der Waals surface area contributed by atoms with Crippen molar-refractivity contribution in [3.05, 3.63) is 42.0 Å². The van der Waals surface area contributed by atoms with Crippen molar-refractivity contribution in [1.82, 2.24) is 9.55 Å². The minimum Gasteiger partial charge on any atom is -0.353 e. The number of rotatable bonds is 3. The summed E-state index contributed by atoms with van der Waals surface area (Å²) in [7, 11) is 0. The Hall–Kier alpha value is -1.84. The van der Waals surface area contributed by atoms with E-state index in [-0.39, 0.29) is 11.9 Å². The van der Waals surface area contributed by atoms with Gasteiger partial charge in [-0.2, -0.15) is 0 Å². The maximum absolute atomic E-state index is 13.2. The largest absolute Gasteiger partial charge is 0.353 e. The molecule has 0 aliphatic rings. The Kier molecular flexibility index (Phi) is 3.13. The molecule has 0 unspecified atom stereocenters. The summed E-state index contributed by atoms with van der Waals surface area (Å²) in [4.78, 5) is 4.39. The fraction of sp³-hybridized carbons (Fsp3) is 0.308. The lowest BCUT2D eigenvalue weighted by Gasteiger charge is -2.12. The molecule has 0 saturated heterocycles. The fourth-order valence-corrected chi connectivity index (χ4v) is 1.68. The van der Waals surface area contributed by atoms with Crippen molar-refractivity contribution < 1.29 is 4.39 Å². The van der Waals surface area contributed by atoms with Crippen molar-refractivity contribution in [2.45, 2.75) is 26.8 Å². The van der Waals surface area contributed by atoms with Crippen molar-refractivity contribution in [2.24, 2.45) is 0 Å². The number of nitrogens with one attached hydrogen (secondary N) is 1. The van der Waals surface area contributed by atoms with Crippen LogP contribution in [0.1, 0.15) is 19.5 Å². The highest BCUT2D eigenvalue weighted by atomic mass is 19.1. The average Bonchev–Trinajstić information content (AvgIpc) is 2.58. The predicted octanol–water partition coefficient (Wildman–Crippen LogP) is 3.14. The van der Waals surface area contributed by atoms with Gasteiger partial charge in [0.15, 0.2) is 0 Å². The summed E-state index contributed by atoms with van der Waals surface area (Å²) in [5.74, 6) is 0.493. The summed E-state index contributed by atoms with van der Waals surface area (Å²) in [6, 6.07) is 6.76. The maximum atomic E-state index is 13.2. The van der Waals surface area contributed by atoms with E-state index in [9.17, 15) is 4.39 Å². The first-order chi connectivity index (χ1) is 8.06. The van der Waals surface area contributed by atoms with Gasteiger partial charge in [-0.05, 0) is 39.0 Å². The van der Waals surface area contributed by atoms with Crippen molar-refractivity contribution >= 4 is 5.95 Å². The van der Waals surface area contributed by atoms with E-state index >= 15 is 0 Å². The van der Waals surface area contributed by atoms with Crippen LogP contribution >= 0.6 is 0 Å². The van der Waals surface area contributed by atoms with E-state index in [2.05, 4.69) is 10.3 Å². The molecule has 1 N–H and O–H groups in total. The molecule has 3 nitrogen and oxygen atoms in total. The molecule has 0 bridgehead atoms. The summed E-state index contributed by atoms with van der Waals surface area (Å²) < 4.78 is 15.1. The van der Waals surface area contributed by atoms with Crippen LogP contribution in [-0.4, -0.2) is 15.6 Å². The highest BCUT2D eigenvalue weighted by Gasteiger charge is 2.08. The number of halogens is 1. The quantitative estimate of drug-likeness (QED) is 0.882. The van der Waals surface area contributed by atoms with Crippen LogP contribution in [0.15, 0.2) is 30.5 Å². The molecule has 0 fully saturated rings. The number of aromatic nitrogens is 2. The minimum atomic E-state index is -0.246. The van der Waals surface area contributed by atoms with Crippen LogP contribution in [0, 0.1) is 12.7 Å². The van der Waals surface area contributed by atoms with Gasteiger partial charge in [-0.15, -0.1) is 0 Å². The van der Waals surface area contributed by atoms with Crippen LogP contribution in [-0.2, 0) is 0 Å². The van der Waals surface area contributed by atoms with E-state index in [4.69, 9.17) is 0 Å². The third-order valence-corrected chi connectivity index (χ3v) is 2.33. The number of imidazole rings is 1. The lowest BCUT2D eigenvalue weighted by Crippen LogP contribution is -2.13. The minimum absolute atomic E-state index is 0.246. The second-order valence-corrected chi connectivity index (χ2v) is 4.35. The molecule has 17 heavy (non-hydrogen) atoms. The van der Waals surface area contributed by atoms with Gasteiger partial charge in [-0.25, -0.2) is 9.37 Å². The van der Waals surface area contributed by atoms with Gasteiger partial charge in [-0.1, -0.05) is 6.07 Å². The smallest absolute Gasteiger partial charge is 0.207 e. The third-order valence-electron chi connectivity index (χ3n) is 2.33. The normalized spacial score (nSPS) is 10.9. The fourth-order valence-electron chi connectivity index (χ4n) is 1.68. The molecule has 1 heterocycles. The van der Waals surface area contributed by atoms with E-state index in [1.54, 1.807) is 6.07 Å². The molecule has 0 aliphatic carbocycles. The molecule has 4 heteroatoms. The summed E-state index contributed by atoms with van der Waals surface area (Å²) in [6.45, 7) is 6.00. The molecule has 0 atom stereocenters.